The summed E-state index contributed by atoms with van der Waals surface area (Å²) >= 11 is 0. The van der Waals surface area contributed by atoms with Crippen LogP contribution in [0.1, 0.15) is 12.8 Å². The van der Waals surface area contributed by atoms with Crippen LogP contribution >= 0.6 is 0 Å². The Labute approximate surface area is 143 Å². The molecule has 0 aliphatic carbocycles. The molecule has 7 heteroatoms. The van der Waals surface area contributed by atoms with Gasteiger partial charge in [0.15, 0.2) is 0 Å². The van der Waals surface area contributed by atoms with E-state index < -0.39 is 10.0 Å². The van der Waals surface area contributed by atoms with Gasteiger partial charge in [-0.15, -0.1) is 6.42 Å². The van der Waals surface area contributed by atoms with Gasteiger partial charge in [-0.25, -0.2) is 8.42 Å². The van der Waals surface area contributed by atoms with Gasteiger partial charge >= 0.3 is 0 Å². The largest absolute Gasteiger partial charge is 0.497 e. The summed E-state index contributed by atoms with van der Waals surface area (Å²) in [6.07, 6.45) is 6.65. The number of methoxy groups -OCH3 is 2. The minimum Gasteiger partial charge on any atom is -0.497 e. The first-order valence-electron chi connectivity index (χ1n) is 7.76. The van der Waals surface area contributed by atoms with Gasteiger partial charge in [-0.3, -0.25) is 0 Å². The number of nitrogens with zero attached hydrogens (tertiary/aromatic N) is 1. The fraction of sp³-hybridized carbons (Fsp3) is 0.529. The molecule has 0 spiro atoms. The van der Waals surface area contributed by atoms with Crippen molar-refractivity contribution in [2.75, 3.05) is 40.5 Å². The van der Waals surface area contributed by atoms with Crippen LogP contribution in [0.2, 0.25) is 0 Å². The van der Waals surface area contributed by atoms with Crippen molar-refractivity contribution in [3.63, 3.8) is 0 Å². The maximum absolute atomic E-state index is 12.9. The zero-order valence-electron chi connectivity index (χ0n) is 14.0. The monoisotopic (exact) mass is 353 g/mol. The standard InChI is InChI=1S/C17H23NO5S/c1-4-11-23-13-14-7-9-18(10-8-14)24(19,20)17-12-15(21-2)5-6-16(17)22-3/h1,5-6,12,14H,7-11,13H2,2-3H3. The van der Waals surface area contributed by atoms with Gasteiger partial charge < -0.3 is 14.2 Å². The smallest absolute Gasteiger partial charge is 0.246 e. The summed E-state index contributed by atoms with van der Waals surface area (Å²) in [6.45, 7) is 1.76. The quantitative estimate of drug-likeness (QED) is 0.552. The lowest BCUT2D eigenvalue weighted by molar-refractivity contribution is 0.101. The molecule has 0 N–H and O–H groups in total. The van der Waals surface area contributed by atoms with E-state index in [1.54, 1.807) is 12.1 Å². The van der Waals surface area contributed by atoms with Gasteiger partial charge in [0.2, 0.25) is 10.0 Å². The average Bonchev–Trinajstić information content (AvgIpc) is 2.61. The summed E-state index contributed by atoms with van der Waals surface area (Å²) in [4.78, 5) is 0.131. The van der Waals surface area contributed by atoms with Gasteiger partial charge in [-0.2, -0.15) is 4.31 Å². The molecule has 1 fully saturated rings. The summed E-state index contributed by atoms with van der Waals surface area (Å²) in [6, 6.07) is 4.77. The van der Waals surface area contributed by atoms with Crippen molar-refractivity contribution in [3.8, 4) is 23.8 Å². The molecular formula is C17H23NO5S. The first-order chi connectivity index (χ1) is 11.5. The van der Waals surface area contributed by atoms with Crippen LogP contribution in [-0.4, -0.2) is 53.2 Å². The Morgan fingerprint density at radius 2 is 1.96 bits per heavy atom. The van der Waals surface area contributed by atoms with Gasteiger partial charge in [-0.1, -0.05) is 5.92 Å². The highest BCUT2D eigenvalue weighted by atomic mass is 32.2. The van der Waals surface area contributed by atoms with E-state index in [1.807, 2.05) is 0 Å². The number of terminal acetylenes is 1. The van der Waals surface area contributed by atoms with E-state index in [-0.39, 0.29) is 4.90 Å². The predicted molar refractivity (Wildman–Crippen MR) is 90.7 cm³/mol. The zero-order valence-corrected chi connectivity index (χ0v) is 14.8. The minimum atomic E-state index is -3.63. The molecular weight excluding hydrogens is 330 g/mol. The van der Waals surface area contributed by atoms with E-state index in [2.05, 4.69) is 5.92 Å². The molecule has 6 nitrogen and oxygen atoms in total. The maximum Gasteiger partial charge on any atom is 0.246 e. The molecule has 0 radical (unpaired) electrons. The molecule has 0 bridgehead atoms. The van der Waals surface area contributed by atoms with Gasteiger partial charge in [0.25, 0.3) is 0 Å². The molecule has 1 aromatic rings. The van der Waals surface area contributed by atoms with E-state index in [4.69, 9.17) is 20.6 Å². The Morgan fingerprint density at radius 3 is 2.54 bits per heavy atom. The van der Waals surface area contributed by atoms with E-state index in [9.17, 15) is 8.42 Å². The molecule has 0 saturated carbocycles. The van der Waals surface area contributed by atoms with Gasteiger partial charge in [0, 0.05) is 19.2 Å². The van der Waals surface area contributed by atoms with E-state index in [0.717, 1.165) is 12.8 Å². The first-order valence-corrected chi connectivity index (χ1v) is 9.20. The van der Waals surface area contributed by atoms with Crippen LogP contribution in [0.5, 0.6) is 11.5 Å². The molecule has 1 aromatic carbocycles. The van der Waals surface area contributed by atoms with Crippen LogP contribution in [0.25, 0.3) is 0 Å². The van der Waals surface area contributed by atoms with Gasteiger partial charge in [-0.05, 0) is 30.9 Å². The van der Waals surface area contributed by atoms with Crippen molar-refractivity contribution >= 4 is 10.0 Å². The number of rotatable bonds is 7. The van der Waals surface area contributed by atoms with Crippen LogP contribution in [0.4, 0.5) is 0 Å². The van der Waals surface area contributed by atoms with Crippen molar-refractivity contribution < 1.29 is 22.6 Å². The summed E-state index contributed by atoms with van der Waals surface area (Å²) in [5, 5.41) is 0. The van der Waals surface area contributed by atoms with E-state index in [1.165, 1.54) is 24.6 Å². The molecule has 132 valence electrons. The molecule has 1 heterocycles. The first kappa shape index (κ1) is 18.6. The molecule has 1 aliphatic heterocycles. The second-order valence-electron chi connectivity index (χ2n) is 5.58. The molecule has 1 aliphatic rings. The average molecular weight is 353 g/mol. The molecule has 0 amide bonds. The maximum atomic E-state index is 12.9. The van der Waals surface area contributed by atoms with Gasteiger partial charge in [0.1, 0.15) is 23.0 Å². The minimum absolute atomic E-state index is 0.131. The fourth-order valence-electron chi connectivity index (χ4n) is 2.73. The number of piperidine rings is 1. The second-order valence-corrected chi connectivity index (χ2v) is 7.49. The Bertz CT molecular complexity index is 687. The van der Waals surface area contributed by atoms with Crippen LogP contribution in [0, 0.1) is 18.3 Å². The van der Waals surface area contributed by atoms with E-state index >= 15 is 0 Å². The molecule has 0 atom stereocenters. The number of hydrogen-bond acceptors (Lipinski definition) is 5. The summed E-state index contributed by atoms with van der Waals surface area (Å²) < 4.78 is 43.1. The van der Waals surface area contributed by atoms with Crippen LogP contribution < -0.4 is 9.47 Å². The Hall–Kier alpha value is -1.75. The summed E-state index contributed by atoms with van der Waals surface area (Å²) in [5.41, 5.74) is 0. The third kappa shape index (κ3) is 4.20. The van der Waals surface area contributed by atoms with Crippen LogP contribution in [0.15, 0.2) is 23.1 Å². The Morgan fingerprint density at radius 1 is 1.25 bits per heavy atom. The third-order valence-corrected chi connectivity index (χ3v) is 6.02. The van der Waals surface area contributed by atoms with E-state index in [0.29, 0.717) is 43.7 Å². The highest BCUT2D eigenvalue weighted by molar-refractivity contribution is 7.89. The summed E-state index contributed by atoms with van der Waals surface area (Å²) in [5.74, 6) is 3.56. The zero-order chi connectivity index (χ0) is 17.6. The van der Waals surface area contributed by atoms with Crippen molar-refractivity contribution in [2.45, 2.75) is 17.7 Å². The van der Waals surface area contributed by atoms with Crippen LogP contribution in [0.3, 0.4) is 0 Å². The third-order valence-electron chi connectivity index (χ3n) is 4.10. The van der Waals surface area contributed by atoms with Crippen molar-refractivity contribution in [1.82, 2.24) is 4.31 Å². The fourth-order valence-corrected chi connectivity index (χ4v) is 4.37. The predicted octanol–water partition coefficient (Wildman–Crippen LogP) is 1.75. The Balaban J connectivity index is 2.11. The lowest BCUT2D eigenvalue weighted by atomic mass is 9.99. The molecule has 0 unspecified atom stereocenters. The molecule has 2 rings (SSSR count). The second kappa shape index (κ2) is 8.38. The lowest BCUT2D eigenvalue weighted by Crippen LogP contribution is -2.39. The van der Waals surface area contributed by atoms with Crippen LogP contribution in [-0.2, 0) is 14.8 Å². The van der Waals surface area contributed by atoms with Crippen molar-refractivity contribution in [2.24, 2.45) is 5.92 Å². The molecule has 1 saturated heterocycles. The SMILES string of the molecule is C#CCOCC1CCN(S(=O)(=O)c2cc(OC)ccc2OC)CC1. The number of ether oxygens (including phenoxy) is 3. The van der Waals surface area contributed by atoms with Crippen molar-refractivity contribution in [1.29, 1.82) is 0 Å². The number of sulfonamides is 1. The normalized spacial score (nSPS) is 16.5. The topological polar surface area (TPSA) is 65.1 Å². The number of benzene rings is 1. The van der Waals surface area contributed by atoms with Gasteiger partial charge in [0.05, 0.1) is 20.8 Å². The number of hydrogen-bond donors (Lipinski definition) is 0. The lowest BCUT2D eigenvalue weighted by Gasteiger charge is -2.31. The molecule has 0 aromatic heterocycles. The van der Waals surface area contributed by atoms with Crippen molar-refractivity contribution in [3.05, 3.63) is 18.2 Å². The Kier molecular flexibility index (Phi) is 6.49. The highest BCUT2D eigenvalue weighted by Crippen LogP contribution is 2.32. The summed E-state index contributed by atoms with van der Waals surface area (Å²) in [7, 11) is -0.677. The highest BCUT2D eigenvalue weighted by Gasteiger charge is 2.31. The molecule has 24 heavy (non-hydrogen) atoms.